The maximum atomic E-state index is 9.46. The van der Waals surface area contributed by atoms with Crippen molar-refractivity contribution in [3.05, 3.63) is 29.3 Å². The molecule has 0 aliphatic carbocycles. The Morgan fingerprint density at radius 1 is 1.25 bits per heavy atom. The van der Waals surface area contributed by atoms with Crippen LogP contribution in [0.4, 0.5) is 0 Å². The van der Waals surface area contributed by atoms with Crippen LogP contribution in [-0.2, 0) is 19.5 Å². The van der Waals surface area contributed by atoms with E-state index in [4.69, 9.17) is 0 Å². The second kappa shape index (κ2) is 4.62. The van der Waals surface area contributed by atoms with Gasteiger partial charge >= 0.3 is 0 Å². The standard InChI is InChI=1S/C10H14O.Zn/c1-7(2)9-5-4-8(3)6-10(9)11;/h4-7,11H,1-3H3;. The minimum Gasteiger partial charge on any atom is -0.508 e. The van der Waals surface area contributed by atoms with Gasteiger partial charge in [0.05, 0.1) is 0 Å². The molecule has 1 N–H and O–H groups in total. The first-order chi connectivity index (χ1) is 5.11. The maximum absolute atomic E-state index is 9.46. The molecule has 0 aromatic heterocycles. The van der Waals surface area contributed by atoms with Crippen LogP contribution in [0.25, 0.3) is 0 Å². The molecule has 0 saturated carbocycles. The molecule has 1 aromatic carbocycles. The monoisotopic (exact) mass is 214 g/mol. The number of aryl methyl sites for hydroxylation is 1. The number of phenolic OH excluding ortho intramolecular Hbond substituents is 1. The predicted molar refractivity (Wildman–Crippen MR) is 46.9 cm³/mol. The molecular formula is C10H14OZn. The molecule has 0 aliphatic heterocycles. The van der Waals surface area contributed by atoms with E-state index in [0.717, 1.165) is 11.1 Å². The van der Waals surface area contributed by atoms with Crippen LogP contribution < -0.4 is 0 Å². The third kappa shape index (κ3) is 2.60. The van der Waals surface area contributed by atoms with Gasteiger partial charge in [0.2, 0.25) is 0 Å². The number of hydrogen-bond acceptors (Lipinski definition) is 1. The van der Waals surface area contributed by atoms with E-state index in [-0.39, 0.29) is 19.5 Å². The normalized spacial score (nSPS) is 9.67. The Balaban J connectivity index is 0.00000121. The van der Waals surface area contributed by atoms with E-state index in [9.17, 15) is 5.11 Å². The second-order valence-electron chi connectivity index (χ2n) is 3.22. The van der Waals surface area contributed by atoms with Gasteiger partial charge < -0.3 is 5.11 Å². The Bertz CT molecular complexity index is 256. The van der Waals surface area contributed by atoms with E-state index in [0.29, 0.717) is 11.7 Å². The summed E-state index contributed by atoms with van der Waals surface area (Å²) in [5, 5.41) is 9.46. The van der Waals surface area contributed by atoms with Gasteiger partial charge in [-0.15, -0.1) is 0 Å². The number of hydrogen-bond donors (Lipinski definition) is 1. The maximum Gasteiger partial charge on any atom is 0.119 e. The fourth-order valence-corrected chi connectivity index (χ4v) is 1.14. The Labute approximate surface area is 86.6 Å². The summed E-state index contributed by atoms with van der Waals surface area (Å²) in [6.45, 7) is 6.12. The largest absolute Gasteiger partial charge is 0.508 e. The molecule has 0 amide bonds. The Hall–Kier alpha value is -0.357. The van der Waals surface area contributed by atoms with Crippen LogP contribution >= 0.6 is 0 Å². The van der Waals surface area contributed by atoms with Crippen molar-refractivity contribution in [1.29, 1.82) is 0 Å². The van der Waals surface area contributed by atoms with Crippen molar-refractivity contribution < 1.29 is 24.6 Å². The molecule has 12 heavy (non-hydrogen) atoms. The number of aromatic hydroxyl groups is 1. The van der Waals surface area contributed by atoms with Gasteiger partial charge in [-0.05, 0) is 30.0 Å². The third-order valence-corrected chi connectivity index (χ3v) is 1.81. The van der Waals surface area contributed by atoms with Gasteiger partial charge in [-0.3, -0.25) is 0 Å². The van der Waals surface area contributed by atoms with Crippen LogP contribution in [0.3, 0.4) is 0 Å². The van der Waals surface area contributed by atoms with Crippen molar-refractivity contribution in [2.45, 2.75) is 26.7 Å². The van der Waals surface area contributed by atoms with E-state index >= 15 is 0 Å². The average molecular weight is 216 g/mol. The predicted octanol–water partition coefficient (Wildman–Crippen LogP) is 2.82. The fourth-order valence-electron chi connectivity index (χ4n) is 1.14. The zero-order valence-corrected chi connectivity index (χ0v) is 10.9. The van der Waals surface area contributed by atoms with Crippen molar-refractivity contribution in [1.82, 2.24) is 0 Å². The molecular weight excluding hydrogens is 201 g/mol. The van der Waals surface area contributed by atoms with Crippen LogP contribution in [0, 0.1) is 6.92 Å². The van der Waals surface area contributed by atoms with Gasteiger partial charge in [0.15, 0.2) is 0 Å². The Morgan fingerprint density at radius 3 is 2.25 bits per heavy atom. The summed E-state index contributed by atoms with van der Waals surface area (Å²) in [4.78, 5) is 0. The molecule has 2 heteroatoms. The van der Waals surface area contributed by atoms with Crippen LogP contribution in [0.1, 0.15) is 30.9 Å². The van der Waals surface area contributed by atoms with Gasteiger partial charge in [0, 0.05) is 19.5 Å². The summed E-state index contributed by atoms with van der Waals surface area (Å²) >= 11 is 0. The average Bonchev–Trinajstić information content (AvgIpc) is 1.85. The van der Waals surface area contributed by atoms with Gasteiger partial charge in [0.25, 0.3) is 0 Å². The minimum absolute atomic E-state index is 0. The molecule has 0 radical (unpaired) electrons. The first kappa shape index (κ1) is 11.6. The van der Waals surface area contributed by atoms with E-state index in [1.54, 1.807) is 6.07 Å². The molecule has 0 fully saturated rings. The molecule has 0 unspecified atom stereocenters. The number of rotatable bonds is 1. The summed E-state index contributed by atoms with van der Waals surface area (Å²) in [5.41, 5.74) is 2.13. The molecule has 0 spiro atoms. The zero-order chi connectivity index (χ0) is 8.43. The molecule has 1 aromatic rings. The van der Waals surface area contributed by atoms with Crippen LogP contribution in [0.15, 0.2) is 18.2 Å². The van der Waals surface area contributed by atoms with Crippen LogP contribution in [0.2, 0.25) is 0 Å². The molecule has 62 valence electrons. The molecule has 0 aliphatic rings. The van der Waals surface area contributed by atoms with Gasteiger partial charge in [0.1, 0.15) is 5.75 Å². The van der Waals surface area contributed by atoms with E-state index in [1.807, 2.05) is 19.1 Å². The zero-order valence-electron chi connectivity index (χ0n) is 7.96. The first-order valence-electron chi connectivity index (χ1n) is 3.91. The summed E-state index contributed by atoms with van der Waals surface area (Å²) in [6.07, 6.45) is 0. The van der Waals surface area contributed by atoms with Crippen LogP contribution in [0.5, 0.6) is 5.75 Å². The van der Waals surface area contributed by atoms with Crippen molar-refractivity contribution in [2.24, 2.45) is 0 Å². The Kier molecular flexibility index (Phi) is 4.48. The third-order valence-electron chi connectivity index (χ3n) is 1.81. The van der Waals surface area contributed by atoms with Crippen molar-refractivity contribution in [3.63, 3.8) is 0 Å². The van der Waals surface area contributed by atoms with Crippen LogP contribution in [-0.4, -0.2) is 5.11 Å². The molecule has 0 atom stereocenters. The number of benzene rings is 1. The topological polar surface area (TPSA) is 20.2 Å². The molecule has 1 nitrogen and oxygen atoms in total. The smallest absolute Gasteiger partial charge is 0.119 e. The minimum atomic E-state index is 0. The second-order valence-corrected chi connectivity index (χ2v) is 3.22. The fraction of sp³-hybridized carbons (Fsp3) is 0.400. The van der Waals surface area contributed by atoms with Crippen molar-refractivity contribution in [2.75, 3.05) is 0 Å². The molecule has 0 bridgehead atoms. The van der Waals surface area contributed by atoms with E-state index in [2.05, 4.69) is 13.8 Å². The summed E-state index contributed by atoms with van der Waals surface area (Å²) in [6, 6.07) is 5.81. The van der Waals surface area contributed by atoms with E-state index in [1.165, 1.54) is 0 Å². The quantitative estimate of drug-likeness (QED) is 0.715. The molecule has 0 saturated heterocycles. The van der Waals surface area contributed by atoms with E-state index < -0.39 is 0 Å². The van der Waals surface area contributed by atoms with Gasteiger partial charge in [-0.25, -0.2) is 0 Å². The van der Waals surface area contributed by atoms with Gasteiger partial charge in [-0.2, -0.15) is 0 Å². The Morgan fingerprint density at radius 2 is 1.83 bits per heavy atom. The first-order valence-corrected chi connectivity index (χ1v) is 3.91. The summed E-state index contributed by atoms with van der Waals surface area (Å²) in [5.74, 6) is 0.815. The van der Waals surface area contributed by atoms with Crippen molar-refractivity contribution >= 4 is 0 Å². The van der Waals surface area contributed by atoms with Crippen molar-refractivity contribution in [3.8, 4) is 5.75 Å². The summed E-state index contributed by atoms with van der Waals surface area (Å²) in [7, 11) is 0. The number of phenols is 1. The summed E-state index contributed by atoms with van der Waals surface area (Å²) < 4.78 is 0. The van der Waals surface area contributed by atoms with Gasteiger partial charge in [-0.1, -0.05) is 26.0 Å². The molecule has 1 rings (SSSR count). The SMILES string of the molecule is Cc1ccc(C(C)C)c(O)c1.[Zn]. The molecule has 0 heterocycles.